The molecule has 0 spiro atoms. The van der Waals surface area contributed by atoms with Crippen molar-refractivity contribution in [3.63, 3.8) is 0 Å². The van der Waals surface area contributed by atoms with Crippen LogP contribution in [0.2, 0.25) is 0 Å². The van der Waals surface area contributed by atoms with E-state index in [1.807, 2.05) is 0 Å². The topological polar surface area (TPSA) is 104 Å². The van der Waals surface area contributed by atoms with Crippen LogP contribution in [0.5, 0.6) is 0 Å². The van der Waals surface area contributed by atoms with Crippen LogP contribution in [0.25, 0.3) is 0 Å². The molecule has 2 N–H and O–H groups in total. The first-order valence-electron chi connectivity index (χ1n) is 7.27. The van der Waals surface area contributed by atoms with E-state index < -0.39 is 15.9 Å². The fourth-order valence-corrected chi connectivity index (χ4v) is 3.41. The number of hydrazine groups is 1. The third-order valence-electron chi connectivity index (χ3n) is 3.18. The van der Waals surface area contributed by atoms with E-state index >= 15 is 0 Å². The summed E-state index contributed by atoms with van der Waals surface area (Å²) in [5.41, 5.74) is 6.47. The number of anilines is 1. The van der Waals surface area contributed by atoms with E-state index in [9.17, 15) is 13.2 Å². The van der Waals surface area contributed by atoms with E-state index in [2.05, 4.69) is 36.7 Å². The number of halogens is 1. The van der Waals surface area contributed by atoms with Crippen molar-refractivity contribution in [2.24, 2.45) is 0 Å². The van der Waals surface area contributed by atoms with Gasteiger partial charge in [0.15, 0.2) is 0 Å². The predicted octanol–water partition coefficient (Wildman–Crippen LogP) is 1.62. The number of nitrogens with zero attached hydrogens (tertiary/aromatic N) is 3. The lowest BCUT2D eigenvalue weighted by molar-refractivity contribution is -0.120. The van der Waals surface area contributed by atoms with Crippen LogP contribution in [-0.4, -0.2) is 42.2 Å². The highest BCUT2D eigenvalue weighted by atomic mass is 79.9. The molecule has 0 radical (unpaired) electrons. The van der Waals surface area contributed by atoms with E-state index in [0.717, 1.165) is 20.2 Å². The normalized spacial score (nSPS) is 11.4. The summed E-state index contributed by atoms with van der Waals surface area (Å²) < 4.78 is 26.6. The zero-order chi connectivity index (χ0) is 18.6. The number of carbonyl (C=O) groups excluding carboxylic acids is 1. The molecule has 8 nitrogen and oxygen atoms in total. The fourth-order valence-electron chi connectivity index (χ4n) is 2.02. The lowest BCUT2D eigenvalue weighted by Gasteiger charge is -2.17. The van der Waals surface area contributed by atoms with Gasteiger partial charge < -0.3 is 0 Å². The lowest BCUT2D eigenvalue weighted by Crippen LogP contribution is -2.40. The number of carbonyl (C=O) groups is 1. The SMILES string of the molecule is Cc1cc(C)nc(NNC(=O)CN(C)S(=O)(=O)c2ccc(Br)cc2)n1. The van der Waals surface area contributed by atoms with E-state index in [-0.39, 0.29) is 17.4 Å². The van der Waals surface area contributed by atoms with Crippen molar-refractivity contribution in [2.75, 3.05) is 19.0 Å². The average molecular weight is 428 g/mol. The van der Waals surface area contributed by atoms with Gasteiger partial charge in [-0.25, -0.2) is 18.4 Å². The lowest BCUT2D eigenvalue weighted by atomic mass is 10.4. The molecule has 0 bridgehead atoms. The number of hydrogen-bond donors (Lipinski definition) is 2. The van der Waals surface area contributed by atoms with Crippen LogP contribution in [0, 0.1) is 13.8 Å². The van der Waals surface area contributed by atoms with Gasteiger partial charge in [0.2, 0.25) is 16.0 Å². The minimum absolute atomic E-state index is 0.108. The first kappa shape index (κ1) is 19.3. The van der Waals surface area contributed by atoms with Crippen LogP contribution in [0.15, 0.2) is 39.7 Å². The third kappa shape index (κ3) is 5.21. The highest BCUT2D eigenvalue weighted by Gasteiger charge is 2.22. The molecule has 25 heavy (non-hydrogen) atoms. The van der Waals surface area contributed by atoms with Crippen LogP contribution < -0.4 is 10.9 Å². The molecule has 0 atom stereocenters. The summed E-state index contributed by atoms with van der Waals surface area (Å²) in [5.74, 6) is -0.296. The Morgan fingerprint density at radius 3 is 2.28 bits per heavy atom. The second-order valence-electron chi connectivity index (χ2n) is 5.36. The fraction of sp³-hybridized carbons (Fsp3) is 0.267. The molecule has 0 unspecified atom stereocenters. The number of sulfonamides is 1. The van der Waals surface area contributed by atoms with Gasteiger partial charge in [-0.3, -0.25) is 15.6 Å². The Labute approximate surface area is 154 Å². The minimum atomic E-state index is -3.75. The molecule has 0 aliphatic rings. The Kier molecular flexibility index (Phi) is 6.09. The molecule has 0 saturated carbocycles. The zero-order valence-electron chi connectivity index (χ0n) is 13.9. The molecule has 0 aliphatic heterocycles. The first-order valence-corrected chi connectivity index (χ1v) is 9.51. The molecule has 10 heteroatoms. The highest BCUT2D eigenvalue weighted by Crippen LogP contribution is 2.17. The Balaban J connectivity index is 1.98. The van der Waals surface area contributed by atoms with Gasteiger partial charge in [0.1, 0.15) is 0 Å². The van der Waals surface area contributed by atoms with E-state index in [0.29, 0.717) is 0 Å². The Morgan fingerprint density at radius 1 is 1.16 bits per heavy atom. The molecule has 0 aliphatic carbocycles. The molecule has 0 fully saturated rings. The maximum atomic E-state index is 12.4. The Hall–Kier alpha value is -2.04. The van der Waals surface area contributed by atoms with Crippen LogP contribution in [0.3, 0.4) is 0 Å². The molecule has 2 aromatic rings. The number of rotatable bonds is 6. The zero-order valence-corrected chi connectivity index (χ0v) is 16.3. The van der Waals surface area contributed by atoms with Gasteiger partial charge in [0, 0.05) is 22.9 Å². The largest absolute Gasteiger partial charge is 0.272 e. The van der Waals surface area contributed by atoms with Crippen LogP contribution in [-0.2, 0) is 14.8 Å². The van der Waals surface area contributed by atoms with Gasteiger partial charge in [0.05, 0.1) is 11.4 Å². The summed E-state index contributed by atoms with van der Waals surface area (Å²) in [7, 11) is -2.42. The van der Waals surface area contributed by atoms with E-state index in [4.69, 9.17) is 0 Å². The smallest absolute Gasteiger partial charge is 0.253 e. The summed E-state index contributed by atoms with van der Waals surface area (Å²) in [6.45, 7) is 3.26. The summed E-state index contributed by atoms with van der Waals surface area (Å²) in [5, 5.41) is 0. The third-order valence-corrected chi connectivity index (χ3v) is 5.53. The molecular weight excluding hydrogens is 410 g/mol. The van der Waals surface area contributed by atoms with Gasteiger partial charge in [-0.05, 0) is 44.2 Å². The van der Waals surface area contributed by atoms with Gasteiger partial charge >= 0.3 is 0 Å². The first-order chi connectivity index (χ1) is 11.7. The monoisotopic (exact) mass is 427 g/mol. The summed E-state index contributed by atoms with van der Waals surface area (Å²) in [6.07, 6.45) is 0. The number of aryl methyl sites for hydroxylation is 2. The van der Waals surface area contributed by atoms with Crippen molar-refractivity contribution in [3.8, 4) is 0 Å². The predicted molar refractivity (Wildman–Crippen MR) is 97.2 cm³/mol. The van der Waals surface area contributed by atoms with Gasteiger partial charge in [-0.2, -0.15) is 4.31 Å². The number of amides is 1. The number of likely N-dealkylation sites (N-methyl/N-ethyl adjacent to an activating group) is 1. The summed E-state index contributed by atoms with van der Waals surface area (Å²) in [6, 6.07) is 7.98. The maximum Gasteiger partial charge on any atom is 0.253 e. The molecular formula is C15H18BrN5O3S. The number of nitrogens with one attached hydrogen (secondary N) is 2. The maximum absolute atomic E-state index is 12.4. The van der Waals surface area contributed by atoms with Gasteiger partial charge in [-0.1, -0.05) is 15.9 Å². The number of hydrogen-bond acceptors (Lipinski definition) is 6. The van der Waals surface area contributed by atoms with E-state index in [1.165, 1.54) is 19.2 Å². The van der Waals surface area contributed by atoms with E-state index in [1.54, 1.807) is 32.0 Å². The molecule has 134 valence electrons. The Morgan fingerprint density at radius 2 is 1.72 bits per heavy atom. The van der Waals surface area contributed by atoms with Gasteiger partial charge in [-0.15, -0.1) is 0 Å². The van der Waals surface area contributed by atoms with Crippen LogP contribution in [0.4, 0.5) is 5.95 Å². The van der Waals surface area contributed by atoms with Crippen molar-refractivity contribution < 1.29 is 13.2 Å². The second kappa shape index (κ2) is 7.89. The van der Waals surface area contributed by atoms with Crippen molar-refractivity contribution >= 4 is 37.8 Å². The minimum Gasteiger partial charge on any atom is -0.272 e. The van der Waals surface area contributed by atoms with Crippen LogP contribution >= 0.6 is 15.9 Å². The molecule has 1 amide bonds. The average Bonchev–Trinajstić information content (AvgIpc) is 2.52. The number of aromatic nitrogens is 2. The molecule has 1 aromatic carbocycles. The molecule has 1 aromatic heterocycles. The molecule has 1 heterocycles. The van der Waals surface area contributed by atoms with Crippen molar-refractivity contribution in [1.82, 2.24) is 19.7 Å². The summed E-state index contributed by atoms with van der Waals surface area (Å²) >= 11 is 3.25. The second-order valence-corrected chi connectivity index (χ2v) is 8.32. The van der Waals surface area contributed by atoms with Crippen molar-refractivity contribution in [3.05, 3.63) is 46.2 Å². The van der Waals surface area contributed by atoms with Gasteiger partial charge in [0.25, 0.3) is 5.91 Å². The highest BCUT2D eigenvalue weighted by molar-refractivity contribution is 9.10. The Bertz CT molecular complexity index is 851. The quantitative estimate of drug-likeness (QED) is 0.678. The van der Waals surface area contributed by atoms with Crippen molar-refractivity contribution in [2.45, 2.75) is 18.7 Å². The van der Waals surface area contributed by atoms with Crippen LogP contribution in [0.1, 0.15) is 11.4 Å². The van der Waals surface area contributed by atoms with Crippen molar-refractivity contribution in [1.29, 1.82) is 0 Å². The summed E-state index contributed by atoms with van der Waals surface area (Å²) in [4.78, 5) is 20.3. The number of benzene rings is 1. The molecule has 0 saturated heterocycles. The standard InChI is InChI=1S/C15H18BrN5O3S/c1-10-8-11(2)18-15(17-10)20-19-14(22)9-21(3)25(23,24)13-6-4-12(16)5-7-13/h4-8H,9H2,1-3H3,(H,19,22)(H,17,18,20). The molecule has 2 rings (SSSR count).